The third-order valence-corrected chi connectivity index (χ3v) is 3.50. The van der Waals surface area contributed by atoms with E-state index in [9.17, 15) is 14.4 Å². The number of hydrogen-bond acceptors (Lipinski definition) is 5. The first-order valence-corrected chi connectivity index (χ1v) is 7.64. The molecule has 23 heavy (non-hydrogen) atoms. The van der Waals surface area contributed by atoms with Crippen molar-refractivity contribution in [3.63, 3.8) is 0 Å². The van der Waals surface area contributed by atoms with Crippen LogP contribution < -0.4 is 5.32 Å². The van der Waals surface area contributed by atoms with Crippen molar-refractivity contribution < 1.29 is 23.9 Å². The number of carbonyl (C=O) groups is 3. The van der Waals surface area contributed by atoms with Crippen LogP contribution in [0, 0.1) is 11.8 Å². The molecule has 0 aromatic heterocycles. The zero-order valence-corrected chi connectivity index (χ0v) is 13.5. The summed E-state index contributed by atoms with van der Waals surface area (Å²) in [6.45, 7) is 5.21. The van der Waals surface area contributed by atoms with E-state index < -0.39 is 11.9 Å². The van der Waals surface area contributed by atoms with E-state index in [0.29, 0.717) is 17.2 Å². The van der Waals surface area contributed by atoms with Gasteiger partial charge in [-0.25, -0.2) is 4.79 Å². The lowest BCUT2D eigenvalue weighted by atomic mass is 10.2. The molecule has 1 N–H and O–H groups in total. The Kier molecular flexibility index (Phi) is 5.36. The quantitative estimate of drug-likeness (QED) is 0.814. The molecule has 1 aromatic carbocycles. The molecule has 0 spiro atoms. The summed E-state index contributed by atoms with van der Waals surface area (Å²) in [5.74, 6) is -0.855. The van der Waals surface area contributed by atoms with Gasteiger partial charge in [0.2, 0.25) is 0 Å². The maximum absolute atomic E-state index is 11.7. The van der Waals surface area contributed by atoms with E-state index in [1.54, 1.807) is 38.1 Å². The van der Waals surface area contributed by atoms with E-state index >= 15 is 0 Å². The van der Waals surface area contributed by atoms with Crippen LogP contribution in [-0.4, -0.2) is 30.6 Å². The molecule has 6 nitrogen and oxygen atoms in total. The summed E-state index contributed by atoms with van der Waals surface area (Å²) in [5, 5.41) is 2.61. The van der Waals surface area contributed by atoms with Crippen LogP contribution in [0.15, 0.2) is 24.3 Å². The summed E-state index contributed by atoms with van der Waals surface area (Å²) in [6.07, 6.45) is 0.639. The minimum atomic E-state index is -0.413. The Morgan fingerprint density at radius 2 is 1.83 bits per heavy atom. The monoisotopic (exact) mass is 319 g/mol. The molecule has 1 aliphatic carbocycles. The number of nitrogens with one attached hydrogen (secondary N) is 1. The zero-order valence-electron chi connectivity index (χ0n) is 13.5. The first kappa shape index (κ1) is 17.0. The van der Waals surface area contributed by atoms with Crippen LogP contribution >= 0.6 is 0 Å². The highest BCUT2D eigenvalue weighted by Gasteiger charge is 2.40. The molecule has 0 heterocycles. The molecule has 0 bridgehead atoms. The zero-order chi connectivity index (χ0) is 17.0. The highest BCUT2D eigenvalue weighted by molar-refractivity contribution is 5.94. The van der Waals surface area contributed by atoms with Crippen LogP contribution in [0.3, 0.4) is 0 Å². The number of anilines is 1. The van der Waals surface area contributed by atoms with Crippen LogP contribution in [0.1, 0.15) is 37.6 Å². The molecule has 124 valence electrons. The second-order valence-electron chi connectivity index (χ2n) is 6.01. The molecular formula is C17H21NO5. The molecule has 0 saturated heterocycles. The van der Waals surface area contributed by atoms with Gasteiger partial charge in [0.05, 0.1) is 17.6 Å². The highest BCUT2D eigenvalue weighted by Crippen LogP contribution is 2.38. The number of ether oxygens (including phenoxy) is 2. The number of rotatable bonds is 6. The SMILES string of the molecule is CC(C)OC(=O)c1ccc(NC(=O)COC(=O)[C@@H]2C[C@H]2C)cc1. The van der Waals surface area contributed by atoms with Gasteiger partial charge in [-0.1, -0.05) is 6.92 Å². The van der Waals surface area contributed by atoms with Crippen molar-refractivity contribution in [1.29, 1.82) is 0 Å². The largest absolute Gasteiger partial charge is 0.459 e. The summed E-state index contributed by atoms with van der Waals surface area (Å²) in [5.41, 5.74) is 0.929. The molecule has 0 unspecified atom stereocenters. The molecule has 2 rings (SSSR count). The first-order valence-electron chi connectivity index (χ1n) is 7.64. The van der Waals surface area contributed by atoms with Gasteiger partial charge >= 0.3 is 11.9 Å². The predicted molar refractivity (Wildman–Crippen MR) is 83.9 cm³/mol. The number of carbonyl (C=O) groups excluding carboxylic acids is 3. The van der Waals surface area contributed by atoms with Crippen LogP contribution in [0.5, 0.6) is 0 Å². The van der Waals surface area contributed by atoms with E-state index in [4.69, 9.17) is 9.47 Å². The van der Waals surface area contributed by atoms with E-state index in [-0.39, 0.29) is 24.6 Å². The Hall–Kier alpha value is -2.37. The Balaban J connectivity index is 1.79. The second-order valence-corrected chi connectivity index (χ2v) is 6.01. The Bertz CT molecular complexity index is 594. The van der Waals surface area contributed by atoms with E-state index in [0.717, 1.165) is 6.42 Å². The van der Waals surface area contributed by atoms with Crippen molar-refractivity contribution in [3.8, 4) is 0 Å². The average molecular weight is 319 g/mol. The number of amides is 1. The third-order valence-electron chi connectivity index (χ3n) is 3.50. The van der Waals surface area contributed by atoms with E-state index in [1.165, 1.54) is 0 Å². The van der Waals surface area contributed by atoms with Gasteiger partial charge in [-0.05, 0) is 50.5 Å². The highest BCUT2D eigenvalue weighted by atomic mass is 16.5. The van der Waals surface area contributed by atoms with Crippen molar-refractivity contribution in [3.05, 3.63) is 29.8 Å². The molecule has 1 saturated carbocycles. The second kappa shape index (κ2) is 7.26. The maximum Gasteiger partial charge on any atom is 0.338 e. The van der Waals surface area contributed by atoms with Crippen molar-refractivity contribution in [2.24, 2.45) is 11.8 Å². The lowest BCUT2D eigenvalue weighted by Crippen LogP contribution is -2.21. The summed E-state index contributed by atoms with van der Waals surface area (Å²) in [7, 11) is 0. The van der Waals surface area contributed by atoms with Gasteiger partial charge in [0.1, 0.15) is 0 Å². The minimum absolute atomic E-state index is 0.0611. The summed E-state index contributed by atoms with van der Waals surface area (Å²) in [4.78, 5) is 34.9. The third kappa shape index (κ3) is 5.09. The van der Waals surface area contributed by atoms with E-state index in [1.807, 2.05) is 6.92 Å². The topological polar surface area (TPSA) is 81.7 Å². The number of esters is 2. The van der Waals surface area contributed by atoms with Crippen LogP contribution in [0.2, 0.25) is 0 Å². The van der Waals surface area contributed by atoms with Gasteiger partial charge in [0.15, 0.2) is 6.61 Å². The van der Waals surface area contributed by atoms with Gasteiger partial charge in [0, 0.05) is 5.69 Å². The van der Waals surface area contributed by atoms with Crippen molar-refractivity contribution in [1.82, 2.24) is 0 Å². The smallest absolute Gasteiger partial charge is 0.338 e. The predicted octanol–water partition coefficient (Wildman–Crippen LogP) is 2.39. The van der Waals surface area contributed by atoms with Gasteiger partial charge in [-0.3, -0.25) is 9.59 Å². The van der Waals surface area contributed by atoms with Crippen molar-refractivity contribution in [2.45, 2.75) is 33.3 Å². The van der Waals surface area contributed by atoms with Crippen LogP contribution in [0.4, 0.5) is 5.69 Å². The molecule has 1 aliphatic rings. The Morgan fingerprint density at radius 3 is 2.35 bits per heavy atom. The van der Waals surface area contributed by atoms with Crippen molar-refractivity contribution in [2.75, 3.05) is 11.9 Å². The number of benzene rings is 1. The first-order chi connectivity index (χ1) is 10.9. The fourth-order valence-corrected chi connectivity index (χ4v) is 2.06. The van der Waals surface area contributed by atoms with Crippen LogP contribution in [-0.2, 0) is 19.1 Å². The Labute approximate surface area is 135 Å². The molecule has 2 atom stereocenters. The lowest BCUT2D eigenvalue weighted by molar-refractivity contribution is -0.148. The molecule has 0 aliphatic heterocycles. The van der Waals surface area contributed by atoms with Crippen molar-refractivity contribution >= 4 is 23.5 Å². The molecule has 0 radical (unpaired) electrons. The van der Waals surface area contributed by atoms with Gasteiger partial charge < -0.3 is 14.8 Å². The average Bonchev–Trinajstić information content (AvgIpc) is 3.22. The van der Waals surface area contributed by atoms with Gasteiger partial charge in [-0.15, -0.1) is 0 Å². The standard InChI is InChI=1S/C17H21NO5/c1-10(2)23-16(20)12-4-6-13(7-5-12)18-15(19)9-22-17(21)14-8-11(14)3/h4-7,10-11,14H,8-9H2,1-3H3,(H,18,19)/t11-,14-/m1/s1. The molecule has 6 heteroatoms. The van der Waals surface area contributed by atoms with Crippen LogP contribution in [0.25, 0.3) is 0 Å². The molecular weight excluding hydrogens is 298 g/mol. The number of hydrogen-bond donors (Lipinski definition) is 1. The summed E-state index contributed by atoms with van der Waals surface area (Å²) < 4.78 is 10.0. The fourth-order valence-electron chi connectivity index (χ4n) is 2.06. The summed E-state index contributed by atoms with van der Waals surface area (Å²) in [6, 6.07) is 6.33. The normalized spacial score (nSPS) is 19.1. The summed E-state index contributed by atoms with van der Waals surface area (Å²) >= 11 is 0. The Morgan fingerprint density at radius 1 is 1.22 bits per heavy atom. The van der Waals surface area contributed by atoms with E-state index in [2.05, 4.69) is 5.32 Å². The minimum Gasteiger partial charge on any atom is -0.459 e. The fraction of sp³-hybridized carbons (Fsp3) is 0.471. The lowest BCUT2D eigenvalue weighted by Gasteiger charge is -2.09. The van der Waals surface area contributed by atoms with Gasteiger partial charge in [0.25, 0.3) is 5.91 Å². The molecule has 1 amide bonds. The molecule has 1 aromatic rings. The maximum atomic E-state index is 11.7. The molecule has 1 fully saturated rings. The van der Waals surface area contributed by atoms with Gasteiger partial charge in [-0.2, -0.15) is 0 Å².